The highest BCUT2D eigenvalue weighted by atomic mass is 19.1. The average molecular weight is 233 g/mol. The van der Waals surface area contributed by atoms with Crippen molar-refractivity contribution in [3.05, 3.63) is 42.2 Å². The van der Waals surface area contributed by atoms with E-state index < -0.39 is 11.6 Å². The van der Waals surface area contributed by atoms with Crippen LogP contribution in [0, 0.1) is 11.6 Å². The number of benzene rings is 1. The topological polar surface area (TPSA) is 55.7 Å². The monoisotopic (exact) mass is 233 g/mol. The lowest BCUT2D eigenvalue weighted by molar-refractivity contribution is -0.330. The van der Waals surface area contributed by atoms with E-state index in [1.54, 1.807) is 0 Å². The predicted molar refractivity (Wildman–Crippen MR) is 55.8 cm³/mol. The molecule has 6 heteroatoms. The standard InChI is InChI=1S/C11H6F2N4/c12-6-1-2-8(13)7(3-6)11-16-9-4-14-15-5-10(9)17-11/h1-5H,(H,16,17)/p+1. The summed E-state index contributed by atoms with van der Waals surface area (Å²) >= 11 is 0. The Bertz CT molecular complexity index is 660. The molecule has 0 radical (unpaired) electrons. The van der Waals surface area contributed by atoms with Crippen molar-refractivity contribution < 1.29 is 13.8 Å². The van der Waals surface area contributed by atoms with Crippen LogP contribution in [0.25, 0.3) is 22.4 Å². The molecule has 0 fully saturated rings. The molecule has 3 aromatic rings. The fourth-order valence-corrected chi connectivity index (χ4v) is 1.64. The summed E-state index contributed by atoms with van der Waals surface area (Å²) in [4.78, 5) is 5.83. The molecule has 0 spiro atoms. The van der Waals surface area contributed by atoms with Gasteiger partial charge in [0.25, 0.3) is 5.82 Å². The van der Waals surface area contributed by atoms with Gasteiger partial charge in [0.05, 0.1) is 0 Å². The van der Waals surface area contributed by atoms with E-state index in [4.69, 9.17) is 0 Å². The highest BCUT2D eigenvalue weighted by molar-refractivity contribution is 5.72. The summed E-state index contributed by atoms with van der Waals surface area (Å²) in [6.45, 7) is 0. The van der Waals surface area contributed by atoms with E-state index in [2.05, 4.69) is 20.2 Å². The molecule has 2 aromatic heterocycles. The van der Waals surface area contributed by atoms with E-state index in [1.165, 1.54) is 12.4 Å². The van der Waals surface area contributed by atoms with Crippen LogP contribution in [0.2, 0.25) is 0 Å². The number of hydrogen-bond donors (Lipinski definition) is 1. The second kappa shape index (κ2) is 3.58. The van der Waals surface area contributed by atoms with Crippen LogP contribution in [-0.2, 0) is 0 Å². The number of halogens is 2. The average Bonchev–Trinajstić information content (AvgIpc) is 2.75. The number of nitrogens with zero attached hydrogens (tertiary/aromatic N) is 2. The lowest BCUT2D eigenvalue weighted by Gasteiger charge is -1.94. The number of aromatic nitrogens is 4. The van der Waals surface area contributed by atoms with Gasteiger partial charge in [0, 0.05) is 0 Å². The Hall–Kier alpha value is -2.37. The predicted octanol–water partition coefficient (Wildman–Crippen LogP) is 1.72. The molecule has 0 atom stereocenters. The zero-order valence-corrected chi connectivity index (χ0v) is 8.54. The van der Waals surface area contributed by atoms with Crippen molar-refractivity contribution in [2.24, 2.45) is 0 Å². The minimum atomic E-state index is -0.505. The van der Waals surface area contributed by atoms with Crippen molar-refractivity contribution in [3.63, 3.8) is 0 Å². The number of aromatic amines is 2. The van der Waals surface area contributed by atoms with Crippen LogP contribution in [0.4, 0.5) is 8.78 Å². The quantitative estimate of drug-likeness (QED) is 0.695. The number of hydrogen-bond acceptors (Lipinski definition) is 2. The van der Waals surface area contributed by atoms with Crippen molar-refractivity contribution in [3.8, 4) is 11.4 Å². The van der Waals surface area contributed by atoms with Crippen LogP contribution in [0.15, 0.2) is 30.6 Å². The van der Waals surface area contributed by atoms with E-state index in [0.29, 0.717) is 16.9 Å². The molecule has 0 aliphatic heterocycles. The molecule has 3 rings (SSSR count). The number of fused-ring (bicyclic) bond motifs is 1. The van der Waals surface area contributed by atoms with Crippen molar-refractivity contribution in [1.82, 2.24) is 15.2 Å². The number of H-pyrrole nitrogens is 2. The maximum atomic E-state index is 13.5. The third-order valence-corrected chi connectivity index (χ3v) is 2.45. The summed E-state index contributed by atoms with van der Waals surface area (Å²) < 4.78 is 26.6. The van der Waals surface area contributed by atoms with Crippen LogP contribution in [0.1, 0.15) is 0 Å². The molecule has 0 aliphatic rings. The molecule has 2 heterocycles. The fraction of sp³-hybridized carbons (Fsp3) is 0. The molecule has 1 aromatic carbocycles. The Morgan fingerprint density at radius 3 is 2.76 bits per heavy atom. The molecule has 4 nitrogen and oxygen atoms in total. The van der Waals surface area contributed by atoms with Gasteiger partial charge in [0.2, 0.25) is 0 Å². The molecule has 17 heavy (non-hydrogen) atoms. The zero-order chi connectivity index (χ0) is 11.8. The Kier molecular flexibility index (Phi) is 2.07. The molecule has 0 bridgehead atoms. The summed E-state index contributed by atoms with van der Waals surface area (Å²) in [6.07, 6.45) is 3.01. The third kappa shape index (κ3) is 1.63. The summed E-state index contributed by atoms with van der Waals surface area (Å²) in [6, 6.07) is 3.28. The third-order valence-electron chi connectivity index (χ3n) is 2.45. The fourth-order valence-electron chi connectivity index (χ4n) is 1.64. The van der Waals surface area contributed by atoms with E-state index in [-0.39, 0.29) is 5.56 Å². The van der Waals surface area contributed by atoms with Crippen molar-refractivity contribution >= 4 is 11.0 Å². The van der Waals surface area contributed by atoms with E-state index >= 15 is 0 Å². The van der Waals surface area contributed by atoms with Crippen LogP contribution in [0.3, 0.4) is 0 Å². The molecular weight excluding hydrogens is 226 g/mol. The van der Waals surface area contributed by atoms with Crippen molar-refractivity contribution in [1.29, 1.82) is 0 Å². The van der Waals surface area contributed by atoms with Gasteiger partial charge in [-0.05, 0) is 18.2 Å². The largest absolute Gasteiger partial charge is 0.288 e. The second-order valence-corrected chi connectivity index (χ2v) is 3.57. The van der Waals surface area contributed by atoms with Gasteiger partial charge >= 0.3 is 0 Å². The maximum Gasteiger partial charge on any atom is 0.288 e. The minimum absolute atomic E-state index is 0.140. The minimum Gasteiger partial charge on any atom is -0.235 e. The van der Waals surface area contributed by atoms with Crippen LogP contribution >= 0.6 is 0 Å². The zero-order valence-electron chi connectivity index (χ0n) is 8.54. The normalized spacial score (nSPS) is 10.9. The van der Waals surface area contributed by atoms with Gasteiger partial charge in [-0.15, -0.1) is 0 Å². The molecule has 0 saturated heterocycles. The van der Waals surface area contributed by atoms with Crippen molar-refractivity contribution in [2.45, 2.75) is 0 Å². The van der Waals surface area contributed by atoms with Gasteiger partial charge in [0.15, 0.2) is 11.0 Å². The second-order valence-electron chi connectivity index (χ2n) is 3.57. The van der Waals surface area contributed by atoms with Crippen LogP contribution < -0.4 is 4.98 Å². The van der Waals surface area contributed by atoms with E-state index in [1.807, 2.05) is 0 Å². The van der Waals surface area contributed by atoms with Gasteiger partial charge in [-0.3, -0.25) is 0 Å². The van der Waals surface area contributed by atoms with E-state index in [0.717, 1.165) is 18.2 Å². The lowest BCUT2D eigenvalue weighted by atomic mass is 10.2. The molecule has 0 amide bonds. The molecule has 84 valence electrons. The Labute approximate surface area is 94.3 Å². The molecule has 0 saturated carbocycles. The Morgan fingerprint density at radius 2 is 1.94 bits per heavy atom. The number of rotatable bonds is 1. The van der Waals surface area contributed by atoms with Gasteiger partial charge in [-0.1, -0.05) is 0 Å². The van der Waals surface area contributed by atoms with Gasteiger partial charge in [0.1, 0.15) is 29.6 Å². The first-order valence-electron chi connectivity index (χ1n) is 4.91. The maximum absolute atomic E-state index is 13.5. The van der Waals surface area contributed by atoms with E-state index in [9.17, 15) is 8.78 Å². The van der Waals surface area contributed by atoms with Gasteiger partial charge in [-0.2, -0.15) is 10.2 Å². The summed E-state index contributed by atoms with van der Waals surface area (Å²) in [5.41, 5.74) is 1.50. The highest BCUT2D eigenvalue weighted by Gasteiger charge is 2.17. The van der Waals surface area contributed by atoms with Gasteiger partial charge < -0.3 is 0 Å². The summed E-state index contributed by atoms with van der Waals surface area (Å²) in [7, 11) is 0. The number of imidazole rings is 1. The number of nitrogens with one attached hydrogen (secondary N) is 2. The smallest absolute Gasteiger partial charge is 0.235 e. The first-order valence-corrected chi connectivity index (χ1v) is 4.91. The SMILES string of the molecule is Fc1ccc(F)c(-c2[nH]c3cnncc3[nH+]2)c1. The molecule has 0 aliphatic carbocycles. The first kappa shape index (κ1) is 9.83. The molecule has 2 N–H and O–H groups in total. The molecular formula is C11H7F2N4+. The van der Waals surface area contributed by atoms with Gasteiger partial charge in [-0.25, -0.2) is 18.7 Å². The Balaban J connectivity index is 2.23. The van der Waals surface area contributed by atoms with Crippen LogP contribution in [0.5, 0.6) is 0 Å². The van der Waals surface area contributed by atoms with Crippen molar-refractivity contribution in [2.75, 3.05) is 0 Å². The van der Waals surface area contributed by atoms with Crippen LogP contribution in [-0.4, -0.2) is 15.2 Å². The lowest BCUT2D eigenvalue weighted by Crippen LogP contribution is -2.04. The highest BCUT2D eigenvalue weighted by Crippen LogP contribution is 2.20. The summed E-state index contributed by atoms with van der Waals surface area (Å²) in [5.74, 6) is -0.619. The summed E-state index contributed by atoms with van der Waals surface area (Å²) in [5, 5.41) is 7.38. The Morgan fingerprint density at radius 1 is 1.12 bits per heavy atom. The molecule has 0 unspecified atom stereocenters. The first-order chi connectivity index (χ1) is 8.24.